The number of hydrogen-bond donors (Lipinski definition) is 0. The number of ketones is 1. The molecule has 1 heterocycles. The number of Topliss-reactive ketones (excluding diaryl/α,β-unsaturated/α-hetero) is 1. The van der Waals surface area contributed by atoms with Crippen molar-refractivity contribution in [3.8, 4) is 0 Å². The van der Waals surface area contributed by atoms with Crippen LogP contribution in [0.15, 0.2) is 42.5 Å². The van der Waals surface area contributed by atoms with Crippen molar-refractivity contribution in [3.05, 3.63) is 59.4 Å². The summed E-state index contributed by atoms with van der Waals surface area (Å²) < 4.78 is 13.5. The van der Waals surface area contributed by atoms with Crippen molar-refractivity contribution in [3.63, 3.8) is 0 Å². The summed E-state index contributed by atoms with van der Waals surface area (Å²) in [6, 6.07) is 12.7. The van der Waals surface area contributed by atoms with E-state index < -0.39 is 0 Å². The summed E-state index contributed by atoms with van der Waals surface area (Å²) in [5.74, 6) is -0.474. The lowest BCUT2D eigenvalue weighted by atomic mass is 10.1. The van der Waals surface area contributed by atoms with Crippen molar-refractivity contribution in [2.24, 2.45) is 0 Å². The van der Waals surface area contributed by atoms with E-state index in [9.17, 15) is 9.18 Å². The third kappa shape index (κ3) is 2.68. The predicted octanol–water partition coefficient (Wildman–Crippen LogP) is 4.50. The monoisotopic (exact) mass is 283 g/mol. The van der Waals surface area contributed by atoms with Crippen LogP contribution in [0.4, 0.5) is 15.8 Å². The van der Waals surface area contributed by atoms with Gasteiger partial charge in [0.25, 0.3) is 0 Å². The Kier molecular flexibility index (Phi) is 3.74. The summed E-state index contributed by atoms with van der Waals surface area (Å²) in [6.07, 6.45) is 3.23. The highest BCUT2D eigenvalue weighted by molar-refractivity contribution is 6.00. The van der Waals surface area contributed by atoms with Crippen molar-refractivity contribution in [2.45, 2.75) is 26.2 Å². The van der Waals surface area contributed by atoms with Gasteiger partial charge in [0, 0.05) is 17.8 Å². The third-order valence-electron chi connectivity index (χ3n) is 3.99. The lowest BCUT2D eigenvalue weighted by molar-refractivity contribution is 0.101. The summed E-state index contributed by atoms with van der Waals surface area (Å²) in [6.45, 7) is 2.34. The summed E-state index contributed by atoms with van der Waals surface area (Å²) in [4.78, 5) is 14.0. The van der Waals surface area contributed by atoms with Gasteiger partial charge in [-0.1, -0.05) is 18.2 Å². The van der Waals surface area contributed by atoms with Crippen LogP contribution in [0.2, 0.25) is 0 Å². The van der Waals surface area contributed by atoms with Gasteiger partial charge in [0.2, 0.25) is 0 Å². The largest absolute Gasteiger partial charge is 0.341 e. The molecule has 2 aromatic rings. The Morgan fingerprint density at radius 2 is 1.90 bits per heavy atom. The van der Waals surface area contributed by atoms with Gasteiger partial charge >= 0.3 is 0 Å². The van der Waals surface area contributed by atoms with Crippen molar-refractivity contribution < 1.29 is 9.18 Å². The van der Waals surface area contributed by atoms with E-state index in [1.165, 1.54) is 24.6 Å². The lowest BCUT2D eigenvalue weighted by Gasteiger charge is -2.27. The molecule has 0 radical (unpaired) electrons. The van der Waals surface area contributed by atoms with Crippen LogP contribution >= 0.6 is 0 Å². The SMILES string of the molecule is CC(=O)c1cc(F)ccc1N1CCCCc2ccccc21. The molecule has 2 aromatic carbocycles. The van der Waals surface area contributed by atoms with E-state index in [1.807, 2.05) is 12.1 Å². The van der Waals surface area contributed by atoms with Crippen molar-refractivity contribution in [1.82, 2.24) is 0 Å². The average molecular weight is 283 g/mol. The van der Waals surface area contributed by atoms with Crippen LogP contribution in [0.3, 0.4) is 0 Å². The summed E-state index contributed by atoms with van der Waals surface area (Å²) in [5, 5.41) is 0. The van der Waals surface area contributed by atoms with E-state index >= 15 is 0 Å². The molecule has 1 aliphatic heterocycles. The first-order valence-electron chi connectivity index (χ1n) is 7.33. The molecule has 0 saturated heterocycles. The van der Waals surface area contributed by atoms with E-state index in [4.69, 9.17) is 0 Å². The molecule has 0 atom stereocenters. The summed E-state index contributed by atoms with van der Waals surface area (Å²) >= 11 is 0. The second-order valence-corrected chi connectivity index (χ2v) is 5.46. The number of anilines is 2. The third-order valence-corrected chi connectivity index (χ3v) is 3.99. The maximum absolute atomic E-state index is 13.5. The predicted molar refractivity (Wildman–Crippen MR) is 82.8 cm³/mol. The van der Waals surface area contributed by atoms with Gasteiger partial charge in [0.1, 0.15) is 5.82 Å². The minimum atomic E-state index is -0.368. The van der Waals surface area contributed by atoms with Crippen molar-refractivity contribution in [1.29, 1.82) is 0 Å². The number of nitrogens with zero attached hydrogens (tertiary/aromatic N) is 1. The molecule has 2 nitrogen and oxygen atoms in total. The van der Waals surface area contributed by atoms with E-state index in [-0.39, 0.29) is 11.6 Å². The lowest BCUT2D eigenvalue weighted by Crippen LogP contribution is -2.20. The fourth-order valence-electron chi connectivity index (χ4n) is 2.97. The van der Waals surface area contributed by atoms with Gasteiger partial charge in [-0.3, -0.25) is 4.79 Å². The topological polar surface area (TPSA) is 20.3 Å². The van der Waals surface area contributed by atoms with Crippen molar-refractivity contribution in [2.75, 3.05) is 11.4 Å². The van der Waals surface area contributed by atoms with Crippen LogP contribution in [0.5, 0.6) is 0 Å². The Morgan fingerprint density at radius 1 is 1.10 bits per heavy atom. The van der Waals surface area contributed by atoms with Crippen LogP contribution in [-0.4, -0.2) is 12.3 Å². The number of carbonyl (C=O) groups excluding carboxylic acids is 1. The molecular formula is C18H18FNO. The molecule has 0 aliphatic carbocycles. The van der Waals surface area contributed by atoms with E-state index in [0.717, 1.165) is 37.2 Å². The molecule has 1 aliphatic rings. The smallest absolute Gasteiger partial charge is 0.162 e. The maximum atomic E-state index is 13.5. The van der Waals surface area contributed by atoms with Crippen LogP contribution in [0, 0.1) is 5.82 Å². The highest BCUT2D eigenvalue weighted by Gasteiger charge is 2.20. The van der Waals surface area contributed by atoms with Gasteiger partial charge in [-0.15, -0.1) is 0 Å². The zero-order valence-electron chi connectivity index (χ0n) is 12.1. The maximum Gasteiger partial charge on any atom is 0.162 e. The molecule has 0 bridgehead atoms. The molecule has 0 unspecified atom stereocenters. The number of halogens is 1. The minimum absolute atomic E-state index is 0.105. The summed E-state index contributed by atoms with van der Waals surface area (Å²) in [7, 11) is 0. The fraction of sp³-hybridized carbons (Fsp3) is 0.278. The molecule has 0 fully saturated rings. The van der Waals surface area contributed by atoms with E-state index in [2.05, 4.69) is 17.0 Å². The molecule has 0 amide bonds. The van der Waals surface area contributed by atoms with E-state index in [1.54, 1.807) is 6.07 Å². The number of aryl methyl sites for hydroxylation is 1. The molecule has 21 heavy (non-hydrogen) atoms. The first kappa shape index (κ1) is 13.8. The highest BCUT2D eigenvalue weighted by atomic mass is 19.1. The molecule has 0 N–H and O–H groups in total. The first-order valence-corrected chi connectivity index (χ1v) is 7.33. The zero-order valence-corrected chi connectivity index (χ0v) is 12.1. The normalized spacial score (nSPS) is 14.5. The Bertz CT molecular complexity index is 681. The number of carbonyl (C=O) groups is 1. The number of para-hydroxylation sites is 1. The van der Waals surface area contributed by atoms with Gasteiger partial charge in [0.05, 0.1) is 5.69 Å². The molecule has 3 heteroatoms. The quantitative estimate of drug-likeness (QED) is 0.756. The highest BCUT2D eigenvalue weighted by Crippen LogP contribution is 2.34. The number of rotatable bonds is 2. The van der Waals surface area contributed by atoms with Crippen LogP contribution in [0.1, 0.15) is 35.7 Å². The molecule has 3 rings (SSSR count). The number of benzene rings is 2. The molecule has 0 saturated carbocycles. The molecular weight excluding hydrogens is 265 g/mol. The van der Waals surface area contributed by atoms with Crippen LogP contribution < -0.4 is 4.90 Å². The van der Waals surface area contributed by atoms with Crippen LogP contribution in [0.25, 0.3) is 0 Å². The van der Waals surface area contributed by atoms with Gasteiger partial charge in [0.15, 0.2) is 5.78 Å². The zero-order chi connectivity index (χ0) is 14.8. The Balaban J connectivity index is 2.14. The van der Waals surface area contributed by atoms with Gasteiger partial charge in [-0.05, 0) is 56.0 Å². The first-order chi connectivity index (χ1) is 10.2. The van der Waals surface area contributed by atoms with E-state index in [0.29, 0.717) is 5.56 Å². The molecule has 0 aromatic heterocycles. The standard InChI is InChI=1S/C18H18FNO/c1-13(21)16-12-15(19)9-10-18(16)20-11-5-4-7-14-6-2-3-8-17(14)20/h2-3,6,8-10,12H,4-5,7,11H2,1H3. The Labute approximate surface area is 124 Å². The van der Waals surface area contributed by atoms with Gasteiger partial charge in [-0.25, -0.2) is 4.39 Å². The number of hydrogen-bond acceptors (Lipinski definition) is 2. The molecule has 108 valence electrons. The minimum Gasteiger partial charge on any atom is -0.341 e. The van der Waals surface area contributed by atoms with Crippen molar-refractivity contribution >= 4 is 17.2 Å². The van der Waals surface area contributed by atoms with Gasteiger partial charge < -0.3 is 4.90 Å². The van der Waals surface area contributed by atoms with Gasteiger partial charge in [-0.2, -0.15) is 0 Å². The average Bonchev–Trinajstić information content (AvgIpc) is 2.69. The van der Waals surface area contributed by atoms with Crippen LogP contribution in [-0.2, 0) is 6.42 Å². The Morgan fingerprint density at radius 3 is 2.71 bits per heavy atom. The summed E-state index contributed by atoms with van der Waals surface area (Å²) in [5.41, 5.74) is 3.67. The Hall–Kier alpha value is -2.16. The second kappa shape index (κ2) is 5.68. The number of fused-ring (bicyclic) bond motifs is 1. The fourth-order valence-corrected chi connectivity index (χ4v) is 2.97. The molecule has 0 spiro atoms. The second-order valence-electron chi connectivity index (χ2n) is 5.46.